The Balaban J connectivity index is 2.81. The maximum atomic E-state index is 11.0. The van der Waals surface area contributed by atoms with E-state index in [0.717, 1.165) is 31.3 Å². The zero-order valence-corrected chi connectivity index (χ0v) is 7.02. The lowest BCUT2D eigenvalue weighted by Crippen LogP contribution is -2.37. The van der Waals surface area contributed by atoms with Gasteiger partial charge < -0.3 is 5.73 Å². The first kappa shape index (κ1) is 8.31. The van der Waals surface area contributed by atoms with Gasteiger partial charge in [-0.15, -0.1) is 0 Å². The Labute approximate surface area is 67.5 Å². The molecule has 1 atom stereocenters. The fourth-order valence-electron chi connectivity index (χ4n) is 1.57. The molecule has 2 N–H and O–H groups in total. The zero-order chi connectivity index (χ0) is 8.48. The van der Waals surface area contributed by atoms with Gasteiger partial charge in [-0.3, -0.25) is 4.79 Å². The topological polar surface area (TPSA) is 43.1 Å². The molecule has 1 saturated carbocycles. The van der Waals surface area contributed by atoms with Crippen LogP contribution in [0.4, 0.5) is 0 Å². The van der Waals surface area contributed by atoms with Crippen molar-refractivity contribution >= 4 is 5.91 Å². The van der Waals surface area contributed by atoms with Crippen LogP contribution in [0.1, 0.15) is 32.6 Å². The molecule has 0 aliphatic heterocycles. The number of nitrogens with two attached hydrogens (primary N) is 1. The second-order valence-electron chi connectivity index (χ2n) is 3.51. The Bertz CT molecular complexity index is 198. The lowest BCUT2D eigenvalue weighted by atomic mass is 9.72. The van der Waals surface area contributed by atoms with Gasteiger partial charge in [0, 0.05) is 0 Å². The molecule has 0 unspecified atom stereocenters. The molecule has 1 aliphatic rings. The normalized spacial score (nSPS) is 31.9. The number of hydrogen-bond donors (Lipinski definition) is 1. The van der Waals surface area contributed by atoms with Crippen LogP contribution in [0.2, 0.25) is 0 Å². The summed E-state index contributed by atoms with van der Waals surface area (Å²) in [6.45, 7) is 5.79. The predicted molar refractivity (Wildman–Crippen MR) is 44.9 cm³/mol. The quantitative estimate of drug-likeness (QED) is 0.571. The van der Waals surface area contributed by atoms with Crippen molar-refractivity contribution in [1.82, 2.24) is 0 Å². The van der Waals surface area contributed by atoms with Gasteiger partial charge in [-0.25, -0.2) is 0 Å². The third kappa shape index (κ3) is 1.30. The molecule has 62 valence electrons. The van der Waals surface area contributed by atoms with Crippen LogP contribution in [0.5, 0.6) is 0 Å². The smallest absolute Gasteiger partial charge is 0.227 e. The summed E-state index contributed by atoms with van der Waals surface area (Å²) < 4.78 is 0. The average Bonchev–Trinajstić information content (AvgIpc) is 1.95. The van der Waals surface area contributed by atoms with Gasteiger partial charge in [-0.1, -0.05) is 18.6 Å². The molecule has 2 nitrogen and oxygen atoms in total. The van der Waals surface area contributed by atoms with Crippen LogP contribution in [0, 0.1) is 5.41 Å². The molecule has 1 rings (SSSR count). The SMILES string of the molecule is C=C1CCCC[C@]1(C)C(N)=O. The molecule has 0 heterocycles. The molecule has 1 fully saturated rings. The number of carbonyl (C=O) groups excluding carboxylic acids is 1. The predicted octanol–water partition coefficient (Wildman–Crippen LogP) is 1.61. The molecule has 1 aliphatic carbocycles. The molecule has 1 amide bonds. The molecule has 0 saturated heterocycles. The molecule has 0 bridgehead atoms. The van der Waals surface area contributed by atoms with E-state index >= 15 is 0 Å². The van der Waals surface area contributed by atoms with E-state index in [4.69, 9.17) is 5.73 Å². The summed E-state index contributed by atoms with van der Waals surface area (Å²) in [6, 6.07) is 0. The molecular formula is C9H15NO. The zero-order valence-electron chi connectivity index (χ0n) is 7.02. The van der Waals surface area contributed by atoms with Crippen LogP contribution < -0.4 is 5.73 Å². The highest BCUT2D eigenvalue weighted by Gasteiger charge is 2.35. The van der Waals surface area contributed by atoms with E-state index in [-0.39, 0.29) is 5.91 Å². The summed E-state index contributed by atoms with van der Waals surface area (Å²) in [6.07, 6.45) is 4.08. The molecule has 11 heavy (non-hydrogen) atoms. The second-order valence-corrected chi connectivity index (χ2v) is 3.51. The highest BCUT2D eigenvalue weighted by molar-refractivity contribution is 5.83. The molecule has 2 heteroatoms. The number of amides is 1. The Hall–Kier alpha value is -0.790. The molecule has 0 aromatic heterocycles. The molecular weight excluding hydrogens is 138 g/mol. The highest BCUT2D eigenvalue weighted by atomic mass is 16.1. The number of carbonyl (C=O) groups is 1. The van der Waals surface area contributed by atoms with Gasteiger partial charge in [-0.05, 0) is 26.2 Å². The van der Waals surface area contributed by atoms with E-state index in [2.05, 4.69) is 6.58 Å². The van der Waals surface area contributed by atoms with Crippen molar-refractivity contribution in [2.75, 3.05) is 0 Å². The van der Waals surface area contributed by atoms with E-state index < -0.39 is 5.41 Å². The van der Waals surface area contributed by atoms with Crippen molar-refractivity contribution in [2.24, 2.45) is 11.1 Å². The van der Waals surface area contributed by atoms with Gasteiger partial charge in [0.05, 0.1) is 5.41 Å². The number of hydrogen-bond acceptors (Lipinski definition) is 1. The van der Waals surface area contributed by atoms with Gasteiger partial charge in [0.2, 0.25) is 5.91 Å². The Morgan fingerprint density at radius 1 is 1.64 bits per heavy atom. The molecule has 0 aromatic carbocycles. The number of primary amides is 1. The first-order chi connectivity index (χ1) is 5.07. The van der Waals surface area contributed by atoms with Crippen LogP contribution in [0.15, 0.2) is 12.2 Å². The summed E-state index contributed by atoms with van der Waals surface area (Å²) in [7, 11) is 0. The van der Waals surface area contributed by atoms with Gasteiger partial charge >= 0.3 is 0 Å². The van der Waals surface area contributed by atoms with Crippen molar-refractivity contribution in [2.45, 2.75) is 32.6 Å². The van der Waals surface area contributed by atoms with Gasteiger partial charge in [-0.2, -0.15) is 0 Å². The third-order valence-electron chi connectivity index (χ3n) is 2.73. The van der Waals surface area contributed by atoms with Gasteiger partial charge in [0.15, 0.2) is 0 Å². The monoisotopic (exact) mass is 153 g/mol. The van der Waals surface area contributed by atoms with Crippen molar-refractivity contribution in [3.05, 3.63) is 12.2 Å². The van der Waals surface area contributed by atoms with Crippen LogP contribution in [-0.4, -0.2) is 5.91 Å². The van der Waals surface area contributed by atoms with E-state index in [1.54, 1.807) is 0 Å². The molecule has 0 spiro atoms. The number of rotatable bonds is 1. The van der Waals surface area contributed by atoms with Crippen molar-refractivity contribution in [3.8, 4) is 0 Å². The Kier molecular flexibility index (Phi) is 2.03. The van der Waals surface area contributed by atoms with E-state index in [1.165, 1.54) is 0 Å². The summed E-state index contributed by atoms with van der Waals surface area (Å²) >= 11 is 0. The summed E-state index contributed by atoms with van der Waals surface area (Å²) in [5.41, 5.74) is 5.88. The fourth-order valence-corrected chi connectivity index (χ4v) is 1.57. The van der Waals surface area contributed by atoms with E-state index in [9.17, 15) is 4.79 Å². The van der Waals surface area contributed by atoms with Crippen molar-refractivity contribution in [3.63, 3.8) is 0 Å². The molecule has 0 aromatic rings. The van der Waals surface area contributed by atoms with Crippen molar-refractivity contribution < 1.29 is 4.79 Å². The summed E-state index contributed by atoms with van der Waals surface area (Å²) in [5.74, 6) is -0.220. The molecule has 0 radical (unpaired) electrons. The lowest BCUT2D eigenvalue weighted by Gasteiger charge is -2.32. The van der Waals surface area contributed by atoms with Crippen molar-refractivity contribution in [1.29, 1.82) is 0 Å². The lowest BCUT2D eigenvalue weighted by molar-refractivity contribution is -0.125. The summed E-state index contributed by atoms with van der Waals surface area (Å²) in [5, 5.41) is 0. The van der Waals surface area contributed by atoms with Crippen LogP contribution in [-0.2, 0) is 4.79 Å². The summed E-state index contributed by atoms with van der Waals surface area (Å²) in [4.78, 5) is 11.0. The van der Waals surface area contributed by atoms with Crippen LogP contribution in [0.3, 0.4) is 0 Å². The maximum absolute atomic E-state index is 11.0. The highest BCUT2D eigenvalue weighted by Crippen LogP contribution is 2.38. The van der Waals surface area contributed by atoms with Crippen LogP contribution >= 0.6 is 0 Å². The van der Waals surface area contributed by atoms with Gasteiger partial charge in [0.25, 0.3) is 0 Å². The van der Waals surface area contributed by atoms with E-state index in [0.29, 0.717) is 0 Å². The maximum Gasteiger partial charge on any atom is 0.227 e. The fraction of sp³-hybridized carbons (Fsp3) is 0.667. The van der Waals surface area contributed by atoms with Gasteiger partial charge in [0.1, 0.15) is 0 Å². The van der Waals surface area contributed by atoms with Crippen LogP contribution in [0.25, 0.3) is 0 Å². The standard InChI is InChI=1S/C9H15NO/c1-7-5-3-4-6-9(7,2)8(10)11/h1,3-6H2,2H3,(H2,10,11)/t9-/m0/s1. The minimum absolute atomic E-state index is 0.220. The second kappa shape index (κ2) is 2.68. The minimum atomic E-state index is -0.418. The Morgan fingerprint density at radius 2 is 2.27 bits per heavy atom. The first-order valence-electron chi connectivity index (χ1n) is 4.05. The largest absolute Gasteiger partial charge is 0.369 e. The minimum Gasteiger partial charge on any atom is -0.369 e. The first-order valence-corrected chi connectivity index (χ1v) is 4.05. The van der Waals surface area contributed by atoms with E-state index in [1.807, 2.05) is 6.92 Å². The Morgan fingerprint density at radius 3 is 2.64 bits per heavy atom. The third-order valence-corrected chi connectivity index (χ3v) is 2.73. The average molecular weight is 153 g/mol.